The molecule has 2 aromatic carbocycles. The van der Waals surface area contributed by atoms with Crippen molar-refractivity contribution in [2.45, 2.75) is 32.2 Å². The van der Waals surface area contributed by atoms with Crippen LogP contribution in [-0.4, -0.2) is 21.3 Å². The van der Waals surface area contributed by atoms with Crippen LogP contribution < -0.4 is 0 Å². The first-order valence-corrected chi connectivity index (χ1v) is 8.44. The van der Waals surface area contributed by atoms with Crippen molar-refractivity contribution in [1.82, 2.24) is 9.55 Å². The minimum atomic E-state index is 0.175. The van der Waals surface area contributed by atoms with E-state index in [0.29, 0.717) is 11.4 Å². The summed E-state index contributed by atoms with van der Waals surface area (Å²) in [6.45, 7) is 3.11. The Morgan fingerprint density at radius 1 is 1.17 bits per heavy atom. The Morgan fingerprint density at radius 2 is 1.96 bits per heavy atom. The number of fused-ring (bicyclic) bond motifs is 1. The first-order valence-electron chi connectivity index (χ1n) is 8.06. The molecule has 1 heterocycles. The molecular formula is C19H21ClN2O. The summed E-state index contributed by atoms with van der Waals surface area (Å²) in [7, 11) is 0. The summed E-state index contributed by atoms with van der Waals surface area (Å²) >= 11 is 6.13. The molecule has 1 unspecified atom stereocenters. The van der Waals surface area contributed by atoms with Crippen molar-refractivity contribution >= 4 is 22.6 Å². The highest BCUT2D eigenvalue weighted by Gasteiger charge is 2.20. The zero-order valence-electron chi connectivity index (χ0n) is 13.2. The number of rotatable bonds is 6. The van der Waals surface area contributed by atoms with E-state index in [9.17, 15) is 5.11 Å². The average Bonchev–Trinajstić information content (AvgIpc) is 2.92. The van der Waals surface area contributed by atoms with E-state index < -0.39 is 0 Å². The van der Waals surface area contributed by atoms with Crippen LogP contribution >= 0.6 is 11.6 Å². The molecule has 0 radical (unpaired) electrons. The van der Waals surface area contributed by atoms with E-state index in [4.69, 9.17) is 16.6 Å². The number of benzene rings is 2. The zero-order valence-corrected chi connectivity index (χ0v) is 14.0. The fourth-order valence-electron chi connectivity index (χ4n) is 3.10. The van der Waals surface area contributed by atoms with Gasteiger partial charge in [0.15, 0.2) is 0 Å². The summed E-state index contributed by atoms with van der Waals surface area (Å²) in [4.78, 5) is 4.87. The molecule has 120 valence electrons. The SMILES string of the molecule is CCC(c1ccccc1)c1nc2cc(Cl)ccc2n1CCCO. The average molecular weight is 329 g/mol. The molecule has 23 heavy (non-hydrogen) atoms. The van der Waals surface area contributed by atoms with Crippen LogP contribution in [0.1, 0.15) is 37.1 Å². The Labute approximate surface area is 141 Å². The van der Waals surface area contributed by atoms with E-state index in [1.54, 1.807) is 0 Å². The Balaban J connectivity index is 2.14. The molecule has 1 atom stereocenters. The molecule has 0 aliphatic rings. The van der Waals surface area contributed by atoms with Gasteiger partial charge in [0, 0.05) is 24.1 Å². The van der Waals surface area contributed by atoms with E-state index in [1.807, 2.05) is 24.3 Å². The van der Waals surface area contributed by atoms with Gasteiger partial charge in [-0.2, -0.15) is 0 Å². The lowest BCUT2D eigenvalue weighted by atomic mass is 9.95. The Kier molecular flexibility index (Phi) is 4.99. The molecule has 0 saturated carbocycles. The van der Waals surface area contributed by atoms with Crippen LogP contribution in [0.15, 0.2) is 48.5 Å². The predicted octanol–water partition coefficient (Wildman–Crippen LogP) is 4.61. The van der Waals surface area contributed by atoms with E-state index >= 15 is 0 Å². The summed E-state index contributed by atoms with van der Waals surface area (Å²) in [5, 5.41) is 9.93. The van der Waals surface area contributed by atoms with Gasteiger partial charge < -0.3 is 9.67 Å². The number of hydrogen-bond donors (Lipinski definition) is 1. The topological polar surface area (TPSA) is 38.0 Å². The fraction of sp³-hybridized carbons (Fsp3) is 0.316. The Bertz CT molecular complexity index is 783. The zero-order chi connectivity index (χ0) is 16.2. The molecule has 3 rings (SSSR count). The summed E-state index contributed by atoms with van der Waals surface area (Å²) in [5.41, 5.74) is 3.26. The van der Waals surface area contributed by atoms with Crippen molar-refractivity contribution in [2.24, 2.45) is 0 Å². The van der Waals surface area contributed by atoms with E-state index in [-0.39, 0.29) is 12.5 Å². The summed E-state index contributed by atoms with van der Waals surface area (Å²) in [5.74, 6) is 1.28. The highest BCUT2D eigenvalue weighted by molar-refractivity contribution is 6.31. The maximum atomic E-state index is 9.23. The molecule has 0 fully saturated rings. The van der Waals surface area contributed by atoms with Crippen molar-refractivity contribution in [1.29, 1.82) is 0 Å². The lowest BCUT2D eigenvalue weighted by Gasteiger charge is -2.17. The second-order valence-electron chi connectivity index (χ2n) is 5.70. The summed E-state index contributed by atoms with van der Waals surface area (Å²) < 4.78 is 2.23. The largest absolute Gasteiger partial charge is 0.396 e. The van der Waals surface area contributed by atoms with Crippen molar-refractivity contribution in [2.75, 3.05) is 6.61 Å². The van der Waals surface area contributed by atoms with Gasteiger partial charge in [-0.3, -0.25) is 0 Å². The molecule has 0 saturated heterocycles. The molecule has 1 N–H and O–H groups in total. The monoisotopic (exact) mass is 328 g/mol. The number of nitrogens with zero attached hydrogens (tertiary/aromatic N) is 2. The van der Waals surface area contributed by atoms with E-state index in [1.165, 1.54) is 5.56 Å². The molecule has 0 amide bonds. The molecule has 3 aromatic rings. The molecule has 3 nitrogen and oxygen atoms in total. The standard InChI is InChI=1S/C19H21ClN2O/c1-2-16(14-7-4-3-5-8-14)19-21-17-13-15(20)9-10-18(17)22(19)11-6-12-23/h3-5,7-10,13,16,23H,2,6,11-12H2,1H3. The quantitative estimate of drug-likeness (QED) is 0.717. The number of imidazole rings is 1. The van der Waals surface area contributed by atoms with Crippen molar-refractivity contribution in [3.05, 3.63) is 64.9 Å². The van der Waals surface area contributed by atoms with Crippen LogP contribution in [0.4, 0.5) is 0 Å². The lowest BCUT2D eigenvalue weighted by Crippen LogP contribution is -2.11. The number of aryl methyl sites for hydroxylation is 1. The van der Waals surface area contributed by atoms with Gasteiger partial charge in [0.1, 0.15) is 5.82 Å². The number of aromatic nitrogens is 2. The number of halogens is 1. The Hall–Kier alpha value is -1.84. The first-order chi connectivity index (χ1) is 11.2. The van der Waals surface area contributed by atoms with Gasteiger partial charge in [0.25, 0.3) is 0 Å². The minimum absolute atomic E-state index is 0.175. The van der Waals surface area contributed by atoms with Crippen LogP contribution in [0.5, 0.6) is 0 Å². The van der Waals surface area contributed by atoms with E-state index in [0.717, 1.165) is 29.8 Å². The van der Waals surface area contributed by atoms with Crippen LogP contribution in [0.2, 0.25) is 5.02 Å². The maximum Gasteiger partial charge on any atom is 0.117 e. The highest BCUT2D eigenvalue weighted by atomic mass is 35.5. The second kappa shape index (κ2) is 7.16. The molecule has 0 bridgehead atoms. The van der Waals surface area contributed by atoms with Crippen molar-refractivity contribution in [3.8, 4) is 0 Å². The third-order valence-electron chi connectivity index (χ3n) is 4.20. The fourth-order valence-corrected chi connectivity index (χ4v) is 3.27. The summed E-state index contributed by atoms with van der Waals surface area (Å²) in [6, 6.07) is 16.3. The second-order valence-corrected chi connectivity index (χ2v) is 6.14. The molecule has 0 aliphatic heterocycles. The number of aliphatic hydroxyl groups is 1. The van der Waals surface area contributed by atoms with Gasteiger partial charge in [-0.05, 0) is 36.6 Å². The summed E-state index contributed by atoms with van der Waals surface area (Å²) in [6.07, 6.45) is 1.69. The third kappa shape index (κ3) is 3.26. The molecule has 0 spiro atoms. The smallest absolute Gasteiger partial charge is 0.117 e. The van der Waals surface area contributed by atoms with Crippen LogP contribution in [0.25, 0.3) is 11.0 Å². The van der Waals surface area contributed by atoms with Gasteiger partial charge in [-0.25, -0.2) is 4.98 Å². The molecule has 4 heteroatoms. The van der Waals surface area contributed by atoms with Crippen LogP contribution in [0.3, 0.4) is 0 Å². The normalized spacial score (nSPS) is 12.7. The molecule has 0 aliphatic carbocycles. The van der Waals surface area contributed by atoms with Gasteiger partial charge in [-0.1, -0.05) is 48.9 Å². The number of aliphatic hydroxyl groups excluding tert-OH is 1. The van der Waals surface area contributed by atoms with Crippen molar-refractivity contribution in [3.63, 3.8) is 0 Å². The minimum Gasteiger partial charge on any atom is -0.396 e. The van der Waals surface area contributed by atoms with Gasteiger partial charge in [0.2, 0.25) is 0 Å². The molecular weight excluding hydrogens is 308 g/mol. The lowest BCUT2D eigenvalue weighted by molar-refractivity contribution is 0.279. The first kappa shape index (κ1) is 16.0. The van der Waals surface area contributed by atoms with Crippen LogP contribution in [-0.2, 0) is 6.54 Å². The maximum absolute atomic E-state index is 9.23. The highest BCUT2D eigenvalue weighted by Crippen LogP contribution is 2.31. The molecule has 1 aromatic heterocycles. The van der Waals surface area contributed by atoms with Gasteiger partial charge >= 0.3 is 0 Å². The third-order valence-corrected chi connectivity index (χ3v) is 4.44. The van der Waals surface area contributed by atoms with Crippen molar-refractivity contribution < 1.29 is 5.11 Å². The Morgan fingerprint density at radius 3 is 2.65 bits per heavy atom. The number of hydrogen-bond acceptors (Lipinski definition) is 2. The van der Waals surface area contributed by atoms with Crippen LogP contribution in [0, 0.1) is 0 Å². The van der Waals surface area contributed by atoms with Gasteiger partial charge in [0.05, 0.1) is 11.0 Å². The van der Waals surface area contributed by atoms with Gasteiger partial charge in [-0.15, -0.1) is 0 Å². The predicted molar refractivity (Wildman–Crippen MR) is 95.0 cm³/mol. The van der Waals surface area contributed by atoms with E-state index in [2.05, 4.69) is 35.8 Å².